The molecule has 0 bridgehead atoms. The maximum absolute atomic E-state index is 5.56. The van der Waals surface area contributed by atoms with Crippen LogP contribution in [0.1, 0.15) is 0 Å². The van der Waals surface area contributed by atoms with Gasteiger partial charge in [0.1, 0.15) is 0 Å². The molecule has 0 aliphatic carbocycles. The second kappa shape index (κ2) is 2.54. The van der Waals surface area contributed by atoms with Crippen LogP contribution in [0.15, 0.2) is 12.4 Å². The molecule has 0 radical (unpaired) electrons. The van der Waals surface area contributed by atoms with Gasteiger partial charge >= 0.3 is 0 Å². The van der Waals surface area contributed by atoms with Crippen LogP contribution in [0.4, 0.5) is 5.95 Å². The molecular formula is C7H12N4. The molecule has 1 aromatic heterocycles. The fraction of sp³-hybridized carbons (Fsp3) is 0.571. The Labute approximate surface area is 65.4 Å². The molecule has 1 unspecified atom stereocenters. The minimum atomic E-state index is 0.552. The molecule has 4 nitrogen and oxygen atoms in total. The fourth-order valence-corrected chi connectivity index (χ4v) is 1.36. The summed E-state index contributed by atoms with van der Waals surface area (Å²) in [5.74, 6) is 1.52. The molecule has 4 heteroatoms. The first-order chi connectivity index (χ1) is 5.40. The molecule has 0 fully saturated rings. The Balaban J connectivity index is 2.18. The van der Waals surface area contributed by atoms with E-state index in [2.05, 4.69) is 14.9 Å². The van der Waals surface area contributed by atoms with Crippen molar-refractivity contribution in [1.82, 2.24) is 9.55 Å². The smallest absolute Gasteiger partial charge is 0.202 e. The number of hydrogen-bond donors (Lipinski definition) is 2. The van der Waals surface area contributed by atoms with E-state index in [1.807, 2.05) is 6.20 Å². The highest BCUT2D eigenvalue weighted by atomic mass is 15.2. The van der Waals surface area contributed by atoms with Gasteiger partial charge in [-0.15, -0.1) is 0 Å². The third-order valence-electron chi connectivity index (χ3n) is 2.05. The minimum Gasteiger partial charge on any atom is -0.355 e. The standard InChI is InChI=1S/C7H12N4/c8-3-6-4-10-7-9-1-2-11(7)5-6/h1-2,6H,3-5,8H2,(H,9,10). The number of nitrogens with zero attached hydrogens (tertiary/aromatic N) is 2. The second-order valence-electron chi connectivity index (χ2n) is 2.89. The highest BCUT2D eigenvalue weighted by Gasteiger charge is 2.15. The third kappa shape index (κ3) is 1.09. The monoisotopic (exact) mass is 152 g/mol. The van der Waals surface area contributed by atoms with Gasteiger partial charge in [0.2, 0.25) is 5.95 Å². The lowest BCUT2D eigenvalue weighted by Crippen LogP contribution is -2.32. The molecule has 1 aliphatic heterocycles. The Morgan fingerprint density at radius 3 is 3.55 bits per heavy atom. The highest BCUT2D eigenvalue weighted by molar-refractivity contribution is 5.27. The molecule has 11 heavy (non-hydrogen) atoms. The molecule has 1 aliphatic rings. The van der Waals surface area contributed by atoms with Crippen molar-refractivity contribution in [2.24, 2.45) is 11.7 Å². The molecule has 0 aromatic carbocycles. The van der Waals surface area contributed by atoms with E-state index >= 15 is 0 Å². The summed E-state index contributed by atoms with van der Waals surface area (Å²) in [5, 5.41) is 3.22. The van der Waals surface area contributed by atoms with Gasteiger partial charge in [0.25, 0.3) is 0 Å². The zero-order valence-electron chi connectivity index (χ0n) is 6.33. The molecular weight excluding hydrogens is 140 g/mol. The zero-order valence-corrected chi connectivity index (χ0v) is 6.33. The Morgan fingerprint density at radius 2 is 2.73 bits per heavy atom. The summed E-state index contributed by atoms with van der Waals surface area (Å²) < 4.78 is 2.10. The fourth-order valence-electron chi connectivity index (χ4n) is 1.36. The van der Waals surface area contributed by atoms with Crippen molar-refractivity contribution in [2.45, 2.75) is 6.54 Å². The number of nitrogens with two attached hydrogens (primary N) is 1. The number of rotatable bonds is 1. The van der Waals surface area contributed by atoms with Crippen LogP contribution in [0, 0.1) is 5.92 Å². The molecule has 2 heterocycles. The van der Waals surface area contributed by atoms with E-state index in [0.717, 1.165) is 25.6 Å². The summed E-state index contributed by atoms with van der Waals surface area (Å²) >= 11 is 0. The first-order valence-corrected chi connectivity index (χ1v) is 3.85. The van der Waals surface area contributed by atoms with E-state index in [9.17, 15) is 0 Å². The van der Waals surface area contributed by atoms with Crippen LogP contribution in [-0.2, 0) is 6.54 Å². The first-order valence-electron chi connectivity index (χ1n) is 3.85. The molecule has 0 amide bonds. The maximum Gasteiger partial charge on any atom is 0.202 e. The van der Waals surface area contributed by atoms with Gasteiger partial charge in [-0.05, 0) is 6.54 Å². The van der Waals surface area contributed by atoms with Crippen molar-refractivity contribution < 1.29 is 0 Å². The number of imidazole rings is 1. The predicted molar refractivity (Wildman–Crippen MR) is 43.3 cm³/mol. The van der Waals surface area contributed by atoms with Crippen LogP contribution in [0.2, 0.25) is 0 Å². The van der Waals surface area contributed by atoms with Gasteiger partial charge in [-0.25, -0.2) is 4.98 Å². The van der Waals surface area contributed by atoms with Gasteiger partial charge in [-0.1, -0.05) is 0 Å². The Bertz CT molecular complexity index is 242. The van der Waals surface area contributed by atoms with Gasteiger partial charge in [0, 0.05) is 31.4 Å². The number of hydrogen-bond acceptors (Lipinski definition) is 3. The van der Waals surface area contributed by atoms with Crippen LogP contribution in [0.25, 0.3) is 0 Å². The summed E-state index contributed by atoms with van der Waals surface area (Å²) in [7, 11) is 0. The Morgan fingerprint density at radius 1 is 1.82 bits per heavy atom. The molecule has 0 spiro atoms. The van der Waals surface area contributed by atoms with Crippen LogP contribution < -0.4 is 11.1 Å². The lowest BCUT2D eigenvalue weighted by atomic mass is 10.1. The average Bonchev–Trinajstić information content (AvgIpc) is 2.50. The van der Waals surface area contributed by atoms with Crippen LogP contribution >= 0.6 is 0 Å². The SMILES string of the molecule is NCC1CNc2nccn2C1. The predicted octanol–water partition coefficient (Wildman–Crippen LogP) is -0.117. The van der Waals surface area contributed by atoms with Gasteiger partial charge in [-0.2, -0.15) is 0 Å². The molecule has 3 N–H and O–H groups in total. The van der Waals surface area contributed by atoms with Crippen molar-refractivity contribution in [2.75, 3.05) is 18.4 Å². The van der Waals surface area contributed by atoms with Crippen molar-refractivity contribution in [3.8, 4) is 0 Å². The molecule has 1 aromatic rings. The highest BCUT2D eigenvalue weighted by Crippen LogP contribution is 2.13. The summed E-state index contributed by atoms with van der Waals surface area (Å²) in [6.07, 6.45) is 3.78. The quantitative estimate of drug-likeness (QED) is 0.590. The van der Waals surface area contributed by atoms with Gasteiger partial charge in [-0.3, -0.25) is 0 Å². The number of anilines is 1. The van der Waals surface area contributed by atoms with E-state index in [1.54, 1.807) is 6.20 Å². The van der Waals surface area contributed by atoms with Crippen molar-refractivity contribution in [3.05, 3.63) is 12.4 Å². The van der Waals surface area contributed by atoms with E-state index in [4.69, 9.17) is 5.73 Å². The third-order valence-corrected chi connectivity index (χ3v) is 2.05. The minimum absolute atomic E-state index is 0.552. The van der Waals surface area contributed by atoms with Crippen LogP contribution in [0.5, 0.6) is 0 Å². The van der Waals surface area contributed by atoms with Crippen molar-refractivity contribution in [1.29, 1.82) is 0 Å². The van der Waals surface area contributed by atoms with Crippen LogP contribution in [0.3, 0.4) is 0 Å². The topological polar surface area (TPSA) is 55.9 Å². The van der Waals surface area contributed by atoms with E-state index in [0.29, 0.717) is 5.92 Å². The van der Waals surface area contributed by atoms with Gasteiger partial charge in [0.05, 0.1) is 0 Å². The second-order valence-corrected chi connectivity index (χ2v) is 2.89. The largest absolute Gasteiger partial charge is 0.355 e. The Kier molecular flexibility index (Phi) is 1.54. The van der Waals surface area contributed by atoms with E-state index in [1.165, 1.54) is 0 Å². The van der Waals surface area contributed by atoms with Gasteiger partial charge in [0.15, 0.2) is 0 Å². The summed E-state index contributed by atoms with van der Waals surface area (Å²) in [5.41, 5.74) is 5.56. The summed E-state index contributed by atoms with van der Waals surface area (Å²) in [4.78, 5) is 4.14. The molecule has 0 saturated carbocycles. The lowest BCUT2D eigenvalue weighted by molar-refractivity contribution is 0.450. The molecule has 1 atom stereocenters. The zero-order chi connectivity index (χ0) is 7.68. The van der Waals surface area contributed by atoms with Crippen molar-refractivity contribution in [3.63, 3.8) is 0 Å². The number of fused-ring (bicyclic) bond motifs is 1. The Hall–Kier alpha value is -1.03. The number of aromatic nitrogens is 2. The average molecular weight is 152 g/mol. The molecule has 0 saturated heterocycles. The normalized spacial score (nSPS) is 22.5. The maximum atomic E-state index is 5.56. The lowest BCUT2D eigenvalue weighted by Gasteiger charge is -2.23. The number of nitrogens with one attached hydrogen (secondary N) is 1. The van der Waals surface area contributed by atoms with Crippen molar-refractivity contribution >= 4 is 5.95 Å². The summed E-state index contributed by atoms with van der Waals surface area (Å²) in [6.45, 7) is 2.69. The summed E-state index contributed by atoms with van der Waals surface area (Å²) in [6, 6.07) is 0. The van der Waals surface area contributed by atoms with E-state index < -0.39 is 0 Å². The van der Waals surface area contributed by atoms with Crippen LogP contribution in [-0.4, -0.2) is 22.6 Å². The molecule has 60 valence electrons. The van der Waals surface area contributed by atoms with E-state index in [-0.39, 0.29) is 0 Å². The molecule has 2 rings (SSSR count). The van der Waals surface area contributed by atoms with Gasteiger partial charge < -0.3 is 15.6 Å². The first kappa shape index (κ1) is 6.67.